The Hall–Kier alpha value is -2.04. The predicted octanol–water partition coefficient (Wildman–Crippen LogP) is 6.10. The molecule has 3 rings (SSSR count). The first kappa shape index (κ1) is 16.8. The molecule has 4 heteroatoms. The lowest BCUT2D eigenvalue weighted by Crippen LogP contribution is -1.84. The van der Waals surface area contributed by atoms with Gasteiger partial charge in [0.15, 0.2) is 0 Å². The highest BCUT2D eigenvalue weighted by Crippen LogP contribution is 2.37. The third kappa shape index (κ3) is 3.71. The summed E-state index contributed by atoms with van der Waals surface area (Å²) in [5.74, 6) is 1.75. The minimum absolute atomic E-state index is 0.875. The molecule has 0 bridgehead atoms. The lowest BCUT2D eigenvalue weighted by atomic mass is 10.1. The molecule has 24 heavy (non-hydrogen) atoms. The molecule has 0 N–H and O–H groups in total. The van der Waals surface area contributed by atoms with Crippen molar-refractivity contribution in [2.24, 2.45) is 0 Å². The molecule has 0 aliphatic carbocycles. The van der Waals surface area contributed by atoms with Crippen LogP contribution in [-0.4, -0.2) is 20.5 Å². The Labute approximate surface area is 151 Å². The molecule has 2 nitrogen and oxygen atoms in total. The van der Waals surface area contributed by atoms with Gasteiger partial charge >= 0.3 is 0 Å². The maximum Gasteiger partial charge on any atom is 0.239 e. The molecule has 0 aliphatic rings. The fourth-order valence-electron chi connectivity index (χ4n) is 2.39. The summed E-state index contributed by atoms with van der Waals surface area (Å²) in [7, 11) is 3.38. The van der Waals surface area contributed by atoms with Gasteiger partial charge in [0.2, 0.25) is 21.1 Å². The standard InChI is InChI=1S/C20H19O2S2/c1-21-16-8-4-14(5-9-16)19-12-18(23-3)13-20(24-19)15-6-10-17(22-2)11-7-15/h4-13H,1-3H3/q+1. The van der Waals surface area contributed by atoms with Gasteiger partial charge in [0.25, 0.3) is 0 Å². The fourth-order valence-corrected chi connectivity index (χ4v) is 4.13. The van der Waals surface area contributed by atoms with Gasteiger partial charge in [-0.25, -0.2) is 0 Å². The Kier molecular flexibility index (Phi) is 5.38. The second kappa shape index (κ2) is 7.69. The summed E-state index contributed by atoms with van der Waals surface area (Å²) in [6.45, 7) is 0. The zero-order valence-corrected chi connectivity index (χ0v) is 15.5. The van der Waals surface area contributed by atoms with Crippen molar-refractivity contribution < 1.29 is 9.47 Å². The highest BCUT2D eigenvalue weighted by molar-refractivity contribution is 7.98. The second-order valence-corrected chi connectivity index (χ2v) is 7.15. The number of benzene rings is 2. The van der Waals surface area contributed by atoms with Crippen LogP contribution in [0.2, 0.25) is 0 Å². The summed E-state index contributed by atoms with van der Waals surface area (Å²) in [5, 5.41) is 0. The molecule has 1 heterocycles. The summed E-state index contributed by atoms with van der Waals surface area (Å²) in [4.78, 5) is 3.75. The average Bonchev–Trinajstić information content (AvgIpc) is 2.67. The van der Waals surface area contributed by atoms with Crippen LogP contribution in [0.5, 0.6) is 11.5 Å². The van der Waals surface area contributed by atoms with Gasteiger partial charge < -0.3 is 9.47 Å². The molecule has 0 atom stereocenters. The maximum atomic E-state index is 5.25. The van der Waals surface area contributed by atoms with Crippen LogP contribution in [0.4, 0.5) is 0 Å². The van der Waals surface area contributed by atoms with E-state index >= 15 is 0 Å². The van der Waals surface area contributed by atoms with Crippen LogP contribution in [0.3, 0.4) is 0 Å². The van der Waals surface area contributed by atoms with E-state index in [0.717, 1.165) is 11.5 Å². The molecule has 0 radical (unpaired) electrons. The van der Waals surface area contributed by atoms with Crippen molar-refractivity contribution in [2.75, 3.05) is 20.5 Å². The molecule has 0 saturated heterocycles. The SMILES string of the molecule is COc1ccc(-c2cc(SC)cc(-c3ccc(OC)cc3)[s+]2)cc1. The normalized spacial score (nSPS) is 10.5. The molecule has 0 fully saturated rings. The third-order valence-corrected chi connectivity index (χ3v) is 5.61. The molecule has 0 spiro atoms. The molecule has 0 aliphatic heterocycles. The van der Waals surface area contributed by atoms with Crippen LogP contribution in [-0.2, 0) is 0 Å². The van der Waals surface area contributed by atoms with E-state index in [9.17, 15) is 0 Å². The van der Waals surface area contributed by atoms with Gasteiger partial charge in [-0.15, -0.1) is 11.8 Å². The Morgan fingerprint density at radius 3 is 1.46 bits per heavy atom. The monoisotopic (exact) mass is 355 g/mol. The first-order chi connectivity index (χ1) is 11.7. The first-order valence-corrected chi connectivity index (χ1v) is 9.58. The van der Waals surface area contributed by atoms with Gasteiger partial charge in [0.05, 0.1) is 14.2 Å². The summed E-state index contributed by atoms with van der Waals surface area (Å²) < 4.78 is 10.5. The van der Waals surface area contributed by atoms with E-state index < -0.39 is 0 Å². The minimum atomic E-state index is 0.875. The summed E-state index contributed by atoms with van der Waals surface area (Å²) in [6, 6.07) is 20.9. The van der Waals surface area contributed by atoms with E-state index in [1.54, 1.807) is 37.3 Å². The molecule has 122 valence electrons. The van der Waals surface area contributed by atoms with E-state index in [-0.39, 0.29) is 0 Å². The Balaban J connectivity index is 2.03. The highest BCUT2D eigenvalue weighted by atomic mass is 32.2. The van der Waals surface area contributed by atoms with Crippen molar-refractivity contribution in [3.05, 3.63) is 60.7 Å². The van der Waals surface area contributed by atoms with E-state index in [1.807, 2.05) is 24.3 Å². The van der Waals surface area contributed by atoms with Gasteiger partial charge in [0, 0.05) is 28.2 Å². The van der Waals surface area contributed by atoms with Crippen molar-refractivity contribution in [3.63, 3.8) is 0 Å². The predicted molar refractivity (Wildman–Crippen MR) is 104 cm³/mol. The Morgan fingerprint density at radius 2 is 1.12 bits per heavy atom. The summed E-state index contributed by atoms with van der Waals surface area (Å²) >= 11 is 3.55. The Morgan fingerprint density at radius 1 is 0.708 bits per heavy atom. The van der Waals surface area contributed by atoms with E-state index in [2.05, 4.69) is 42.7 Å². The number of rotatable bonds is 5. The van der Waals surface area contributed by atoms with Crippen LogP contribution in [0, 0.1) is 0 Å². The first-order valence-electron chi connectivity index (χ1n) is 7.54. The van der Waals surface area contributed by atoms with E-state index in [0.29, 0.717) is 0 Å². The van der Waals surface area contributed by atoms with Crippen molar-refractivity contribution in [3.8, 4) is 32.4 Å². The summed E-state index contributed by atoms with van der Waals surface area (Å²) in [5.41, 5.74) is 2.40. The third-order valence-electron chi connectivity index (χ3n) is 3.75. The second-order valence-electron chi connectivity index (χ2n) is 5.18. The lowest BCUT2D eigenvalue weighted by molar-refractivity contribution is 0.415. The highest BCUT2D eigenvalue weighted by Gasteiger charge is 2.18. The van der Waals surface area contributed by atoms with Gasteiger partial charge in [0.1, 0.15) is 11.5 Å². The van der Waals surface area contributed by atoms with Crippen LogP contribution in [0.15, 0.2) is 65.6 Å². The molecular weight excluding hydrogens is 336 g/mol. The van der Waals surface area contributed by atoms with Crippen LogP contribution in [0.25, 0.3) is 20.9 Å². The van der Waals surface area contributed by atoms with Crippen molar-refractivity contribution in [1.29, 1.82) is 0 Å². The van der Waals surface area contributed by atoms with Gasteiger partial charge in [-0.05, 0) is 54.8 Å². The van der Waals surface area contributed by atoms with Gasteiger partial charge in [-0.1, -0.05) is 0 Å². The van der Waals surface area contributed by atoms with E-state index in [1.165, 1.54) is 25.8 Å². The topological polar surface area (TPSA) is 18.5 Å². The van der Waals surface area contributed by atoms with Gasteiger partial charge in [-0.2, -0.15) is 0 Å². The maximum absolute atomic E-state index is 5.25. The molecule has 3 aromatic rings. The van der Waals surface area contributed by atoms with Crippen molar-refractivity contribution in [1.82, 2.24) is 0 Å². The lowest BCUT2D eigenvalue weighted by Gasteiger charge is -2.02. The van der Waals surface area contributed by atoms with Gasteiger partial charge in [-0.3, -0.25) is 0 Å². The number of thioether (sulfide) groups is 1. The number of hydrogen-bond donors (Lipinski definition) is 0. The smallest absolute Gasteiger partial charge is 0.239 e. The average molecular weight is 356 g/mol. The van der Waals surface area contributed by atoms with E-state index in [4.69, 9.17) is 9.47 Å². The Bertz CT molecular complexity index is 746. The van der Waals surface area contributed by atoms with Crippen LogP contribution >= 0.6 is 23.1 Å². The quantitative estimate of drug-likeness (QED) is 0.407. The molecular formula is C20H19O2S2+. The zero-order chi connectivity index (χ0) is 16.9. The summed E-state index contributed by atoms with van der Waals surface area (Å²) in [6.07, 6.45) is 2.11. The molecule has 2 aromatic carbocycles. The molecule has 0 unspecified atom stereocenters. The number of ether oxygens (including phenoxy) is 2. The van der Waals surface area contributed by atoms with Crippen LogP contribution in [0.1, 0.15) is 0 Å². The van der Waals surface area contributed by atoms with Crippen LogP contribution < -0.4 is 9.47 Å². The largest absolute Gasteiger partial charge is 0.497 e. The molecule has 0 saturated carbocycles. The zero-order valence-electron chi connectivity index (χ0n) is 13.9. The number of methoxy groups -OCH3 is 2. The van der Waals surface area contributed by atoms with Crippen molar-refractivity contribution >= 4 is 23.1 Å². The molecule has 1 aromatic heterocycles. The fraction of sp³-hybridized carbons (Fsp3) is 0.150. The molecule has 0 amide bonds. The number of hydrogen-bond acceptors (Lipinski definition) is 3. The minimum Gasteiger partial charge on any atom is -0.497 e. The van der Waals surface area contributed by atoms with Crippen molar-refractivity contribution in [2.45, 2.75) is 4.90 Å².